The molecule has 0 spiro atoms. The summed E-state index contributed by atoms with van der Waals surface area (Å²) in [6.07, 6.45) is -4.78. The van der Waals surface area contributed by atoms with Gasteiger partial charge >= 0.3 is 17.9 Å². The van der Waals surface area contributed by atoms with Crippen LogP contribution in [0.1, 0.15) is 20.8 Å². The number of esters is 3. The number of hydrogen-bond donors (Lipinski definition) is 1. The molecule has 0 aliphatic carbocycles. The van der Waals surface area contributed by atoms with Crippen molar-refractivity contribution in [1.82, 2.24) is 0 Å². The van der Waals surface area contributed by atoms with Crippen LogP contribution in [0.5, 0.6) is 0 Å². The van der Waals surface area contributed by atoms with E-state index in [1.165, 1.54) is 6.92 Å². The number of ether oxygens (including phenoxy) is 4. The first kappa shape index (κ1) is 15.4. The van der Waals surface area contributed by atoms with Crippen LogP contribution in [0.2, 0.25) is 0 Å². The second-order valence-corrected chi connectivity index (χ2v) is 4.02. The molecule has 1 N–H and O–H groups in total. The van der Waals surface area contributed by atoms with Crippen molar-refractivity contribution in [3.05, 3.63) is 0 Å². The van der Waals surface area contributed by atoms with E-state index in [1.54, 1.807) is 0 Å². The van der Waals surface area contributed by atoms with Gasteiger partial charge in [0.05, 0.1) is 6.61 Å². The molecule has 8 nitrogen and oxygen atoms in total. The van der Waals surface area contributed by atoms with Gasteiger partial charge in [-0.3, -0.25) is 14.4 Å². The molecule has 1 saturated heterocycles. The average Bonchev–Trinajstić information content (AvgIpc) is 2.25. The normalized spacial score (nSPS) is 30.3. The Morgan fingerprint density at radius 2 is 1.42 bits per heavy atom. The maximum Gasteiger partial charge on any atom is 0.303 e. The molecule has 108 valence electrons. The third kappa shape index (κ3) is 4.49. The molecular weight excluding hydrogens is 260 g/mol. The zero-order valence-corrected chi connectivity index (χ0v) is 10.8. The fourth-order valence-corrected chi connectivity index (χ4v) is 1.72. The fraction of sp³-hybridized carbons (Fsp3) is 0.727. The lowest BCUT2D eigenvalue weighted by molar-refractivity contribution is -0.267. The van der Waals surface area contributed by atoms with Crippen LogP contribution in [0.15, 0.2) is 0 Å². The fourth-order valence-electron chi connectivity index (χ4n) is 1.72. The van der Waals surface area contributed by atoms with Crippen LogP contribution >= 0.6 is 0 Å². The number of carbonyl (C=O) groups is 3. The van der Waals surface area contributed by atoms with E-state index in [9.17, 15) is 19.5 Å². The Morgan fingerprint density at radius 1 is 0.947 bits per heavy atom. The van der Waals surface area contributed by atoms with Gasteiger partial charge in [-0.1, -0.05) is 0 Å². The third-order valence-corrected chi connectivity index (χ3v) is 2.32. The summed E-state index contributed by atoms with van der Waals surface area (Å²) in [5.74, 6) is -1.95. The van der Waals surface area contributed by atoms with Gasteiger partial charge in [0.2, 0.25) is 0 Å². The summed E-state index contributed by atoms with van der Waals surface area (Å²) in [5, 5.41) is 9.62. The SMILES string of the molecule is CC(=O)O[C@@H]1[C@@H](OC(C)=O)[C@H](OC(C)=O)CO[C@H]1O. The molecule has 0 aromatic heterocycles. The van der Waals surface area contributed by atoms with Gasteiger partial charge in [0.15, 0.2) is 24.6 Å². The third-order valence-electron chi connectivity index (χ3n) is 2.32. The van der Waals surface area contributed by atoms with Crippen LogP contribution in [-0.4, -0.2) is 54.2 Å². The van der Waals surface area contributed by atoms with Gasteiger partial charge in [-0.05, 0) is 0 Å². The monoisotopic (exact) mass is 276 g/mol. The van der Waals surface area contributed by atoms with Crippen molar-refractivity contribution in [3.63, 3.8) is 0 Å². The van der Waals surface area contributed by atoms with E-state index >= 15 is 0 Å². The van der Waals surface area contributed by atoms with Crippen molar-refractivity contribution >= 4 is 17.9 Å². The highest BCUT2D eigenvalue weighted by molar-refractivity contribution is 5.68. The van der Waals surface area contributed by atoms with E-state index in [-0.39, 0.29) is 6.61 Å². The van der Waals surface area contributed by atoms with Crippen molar-refractivity contribution in [2.45, 2.75) is 45.4 Å². The van der Waals surface area contributed by atoms with Crippen LogP contribution in [0, 0.1) is 0 Å². The zero-order valence-electron chi connectivity index (χ0n) is 10.8. The first-order valence-electron chi connectivity index (χ1n) is 5.62. The standard InChI is InChI=1S/C11H16O8/c1-5(12)17-8-4-16-11(15)10(19-7(3)14)9(8)18-6(2)13/h8-11,15H,4H2,1-3H3/t8-,9+,10-,11-/m1/s1. The van der Waals surface area contributed by atoms with Crippen LogP contribution in [0.25, 0.3) is 0 Å². The van der Waals surface area contributed by atoms with E-state index in [2.05, 4.69) is 0 Å². The lowest BCUT2D eigenvalue weighted by Gasteiger charge is -2.38. The summed E-state index contributed by atoms with van der Waals surface area (Å²) in [4.78, 5) is 33.0. The predicted octanol–water partition coefficient (Wildman–Crippen LogP) is -0.870. The van der Waals surface area contributed by atoms with Gasteiger partial charge in [-0.25, -0.2) is 0 Å². The first-order chi connectivity index (χ1) is 8.81. The minimum absolute atomic E-state index is 0.170. The molecule has 8 heteroatoms. The van der Waals surface area contributed by atoms with E-state index in [0.717, 1.165) is 13.8 Å². The number of hydrogen-bond acceptors (Lipinski definition) is 8. The molecule has 0 radical (unpaired) electrons. The Kier molecular flexibility index (Phi) is 5.25. The van der Waals surface area contributed by atoms with E-state index in [4.69, 9.17) is 18.9 Å². The van der Waals surface area contributed by atoms with Gasteiger partial charge in [0, 0.05) is 20.8 Å². The summed E-state index contributed by atoms with van der Waals surface area (Å²) >= 11 is 0. The Labute approximate surface area is 109 Å². The van der Waals surface area contributed by atoms with Gasteiger partial charge < -0.3 is 24.1 Å². The molecule has 0 amide bonds. The van der Waals surface area contributed by atoms with E-state index < -0.39 is 42.5 Å². The number of aliphatic hydroxyl groups excluding tert-OH is 1. The summed E-state index contributed by atoms with van der Waals surface area (Å²) in [7, 11) is 0. The predicted molar refractivity (Wildman–Crippen MR) is 58.6 cm³/mol. The quantitative estimate of drug-likeness (QED) is 0.523. The highest BCUT2D eigenvalue weighted by Gasteiger charge is 2.46. The molecule has 1 fully saturated rings. The maximum atomic E-state index is 11.1. The molecule has 1 heterocycles. The van der Waals surface area contributed by atoms with E-state index in [1.807, 2.05) is 0 Å². The van der Waals surface area contributed by atoms with Gasteiger partial charge in [0.1, 0.15) is 0 Å². The maximum absolute atomic E-state index is 11.1. The Balaban J connectivity index is 2.89. The van der Waals surface area contributed by atoms with Crippen molar-refractivity contribution in [2.75, 3.05) is 6.61 Å². The summed E-state index contributed by atoms with van der Waals surface area (Å²) in [6.45, 7) is 3.29. The molecule has 1 aliphatic rings. The second-order valence-electron chi connectivity index (χ2n) is 4.02. The minimum Gasteiger partial charge on any atom is -0.456 e. The topological polar surface area (TPSA) is 108 Å². The molecule has 1 rings (SSSR count). The van der Waals surface area contributed by atoms with Crippen molar-refractivity contribution < 1.29 is 38.4 Å². The van der Waals surface area contributed by atoms with Crippen LogP contribution in [-0.2, 0) is 33.3 Å². The molecule has 0 unspecified atom stereocenters. The highest BCUT2D eigenvalue weighted by Crippen LogP contribution is 2.23. The average molecular weight is 276 g/mol. The van der Waals surface area contributed by atoms with Crippen LogP contribution < -0.4 is 0 Å². The molecule has 0 saturated carbocycles. The van der Waals surface area contributed by atoms with Gasteiger partial charge in [-0.15, -0.1) is 0 Å². The highest BCUT2D eigenvalue weighted by atomic mass is 16.7. The summed E-state index contributed by atoms with van der Waals surface area (Å²) in [5.41, 5.74) is 0. The summed E-state index contributed by atoms with van der Waals surface area (Å²) < 4.78 is 19.6. The largest absolute Gasteiger partial charge is 0.456 e. The minimum atomic E-state index is -1.46. The van der Waals surface area contributed by atoms with Crippen molar-refractivity contribution in [3.8, 4) is 0 Å². The molecule has 0 bridgehead atoms. The van der Waals surface area contributed by atoms with Crippen LogP contribution in [0.4, 0.5) is 0 Å². The Hall–Kier alpha value is -1.67. The number of carbonyl (C=O) groups excluding carboxylic acids is 3. The molecular formula is C11H16O8. The molecule has 19 heavy (non-hydrogen) atoms. The lowest BCUT2D eigenvalue weighted by Crippen LogP contribution is -2.57. The summed E-state index contributed by atoms with van der Waals surface area (Å²) in [6, 6.07) is 0. The zero-order chi connectivity index (χ0) is 14.6. The number of aliphatic hydroxyl groups is 1. The van der Waals surface area contributed by atoms with Gasteiger partial charge in [-0.2, -0.15) is 0 Å². The van der Waals surface area contributed by atoms with Crippen LogP contribution in [0.3, 0.4) is 0 Å². The molecule has 4 atom stereocenters. The smallest absolute Gasteiger partial charge is 0.303 e. The lowest BCUT2D eigenvalue weighted by atomic mass is 10.0. The molecule has 0 aromatic carbocycles. The molecule has 1 aliphatic heterocycles. The van der Waals surface area contributed by atoms with Crippen molar-refractivity contribution in [1.29, 1.82) is 0 Å². The second kappa shape index (κ2) is 6.48. The van der Waals surface area contributed by atoms with E-state index in [0.29, 0.717) is 0 Å². The Bertz CT molecular complexity index is 366. The Morgan fingerprint density at radius 3 is 1.89 bits per heavy atom. The van der Waals surface area contributed by atoms with Gasteiger partial charge in [0.25, 0.3) is 0 Å². The number of rotatable bonds is 3. The molecule has 0 aromatic rings. The van der Waals surface area contributed by atoms with Crippen molar-refractivity contribution in [2.24, 2.45) is 0 Å². The first-order valence-corrected chi connectivity index (χ1v) is 5.62.